The molecule has 0 fully saturated rings. The van der Waals surface area contributed by atoms with Crippen LogP contribution in [0.3, 0.4) is 0 Å². The molecule has 0 saturated heterocycles. The van der Waals surface area contributed by atoms with Gasteiger partial charge in [0.2, 0.25) is 0 Å². The molecule has 15 heavy (non-hydrogen) atoms. The lowest BCUT2D eigenvalue weighted by Crippen LogP contribution is -1.91. The van der Waals surface area contributed by atoms with E-state index in [2.05, 4.69) is 11.1 Å². The number of nitriles is 1. The van der Waals surface area contributed by atoms with Crippen molar-refractivity contribution < 1.29 is 0 Å². The van der Waals surface area contributed by atoms with E-state index in [1.807, 2.05) is 17.5 Å². The molecular weight excluding hydrogens is 206 g/mol. The van der Waals surface area contributed by atoms with Crippen LogP contribution in [0.5, 0.6) is 0 Å². The Balaban J connectivity index is 2.41. The van der Waals surface area contributed by atoms with Crippen molar-refractivity contribution in [1.29, 1.82) is 5.26 Å². The minimum atomic E-state index is 0.552. The van der Waals surface area contributed by atoms with Crippen LogP contribution in [0.1, 0.15) is 10.4 Å². The van der Waals surface area contributed by atoms with E-state index in [4.69, 9.17) is 11.0 Å². The van der Waals surface area contributed by atoms with Crippen LogP contribution in [0.25, 0.3) is 11.1 Å². The van der Waals surface area contributed by atoms with Gasteiger partial charge in [-0.3, -0.25) is 4.98 Å². The van der Waals surface area contributed by atoms with Gasteiger partial charge < -0.3 is 5.73 Å². The lowest BCUT2D eigenvalue weighted by atomic mass is 10.1. The number of hydrogen-bond donors (Lipinski definition) is 1. The average molecular weight is 215 g/mol. The fourth-order valence-electron chi connectivity index (χ4n) is 1.30. The second kappa shape index (κ2) is 4.22. The number of nitrogens with two attached hydrogens (primary N) is 1. The van der Waals surface area contributed by atoms with Crippen molar-refractivity contribution in [3.63, 3.8) is 0 Å². The zero-order chi connectivity index (χ0) is 10.7. The molecule has 0 atom stereocenters. The smallest absolute Gasteiger partial charge is 0.101 e. The number of rotatable bonds is 2. The zero-order valence-corrected chi connectivity index (χ0v) is 8.79. The molecule has 2 aromatic heterocycles. The molecule has 2 heterocycles. The molecule has 0 spiro atoms. The minimum absolute atomic E-state index is 0.552. The highest BCUT2D eigenvalue weighted by Gasteiger charge is 2.02. The zero-order valence-electron chi connectivity index (χ0n) is 7.97. The van der Waals surface area contributed by atoms with Gasteiger partial charge in [0.25, 0.3) is 0 Å². The van der Waals surface area contributed by atoms with Gasteiger partial charge in [0.05, 0.1) is 5.56 Å². The van der Waals surface area contributed by atoms with Crippen LogP contribution in [-0.2, 0) is 6.54 Å². The Bertz CT molecular complexity index is 511. The third kappa shape index (κ3) is 2.04. The third-order valence-corrected chi connectivity index (χ3v) is 3.01. The molecule has 0 aromatic carbocycles. The highest BCUT2D eigenvalue weighted by molar-refractivity contribution is 7.10. The van der Waals surface area contributed by atoms with Crippen molar-refractivity contribution in [1.82, 2.24) is 4.98 Å². The van der Waals surface area contributed by atoms with Gasteiger partial charge in [-0.2, -0.15) is 5.26 Å². The molecule has 74 valence electrons. The topological polar surface area (TPSA) is 62.7 Å². The molecule has 0 bridgehead atoms. The summed E-state index contributed by atoms with van der Waals surface area (Å²) in [5.74, 6) is 0. The molecule has 0 aliphatic rings. The molecule has 0 aliphatic carbocycles. The summed E-state index contributed by atoms with van der Waals surface area (Å²) in [4.78, 5) is 5.15. The van der Waals surface area contributed by atoms with Crippen LogP contribution < -0.4 is 5.73 Å². The second-order valence-corrected chi connectivity index (χ2v) is 4.08. The minimum Gasteiger partial charge on any atom is -0.326 e. The van der Waals surface area contributed by atoms with Crippen molar-refractivity contribution in [3.05, 3.63) is 40.3 Å². The average Bonchev–Trinajstić information content (AvgIpc) is 2.78. The first-order valence-corrected chi connectivity index (χ1v) is 5.34. The number of thiophene rings is 1. The van der Waals surface area contributed by atoms with E-state index in [-0.39, 0.29) is 0 Å². The van der Waals surface area contributed by atoms with Crippen LogP contribution in [0.15, 0.2) is 29.9 Å². The van der Waals surface area contributed by atoms with Gasteiger partial charge >= 0.3 is 0 Å². The Morgan fingerprint density at radius 3 is 2.87 bits per heavy atom. The number of aromatic nitrogens is 1. The van der Waals surface area contributed by atoms with Crippen molar-refractivity contribution in [2.75, 3.05) is 0 Å². The fourth-order valence-corrected chi connectivity index (χ4v) is 2.07. The van der Waals surface area contributed by atoms with Crippen LogP contribution in [0.4, 0.5) is 0 Å². The Morgan fingerprint density at radius 1 is 1.33 bits per heavy atom. The molecule has 4 heteroatoms. The van der Waals surface area contributed by atoms with E-state index >= 15 is 0 Å². The Morgan fingerprint density at radius 2 is 2.20 bits per heavy atom. The van der Waals surface area contributed by atoms with Gasteiger partial charge in [-0.1, -0.05) is 0 Å². The number of pyridine rings is 1. The first-order chi connectivity index (χ1) is 7.33. The number of nitrogens with zero attached hydrogens (tertiary/aromatic N) is 2. The Hall–Kier alpha value is -1.70. The van der Waals surface area contributed by atoms with Gasteiger partial charge in [0.1, 0.15) is 6.07 Å². The largest absolute Gasteiger partial charge is 0.326 e. The summed E-state index contributed by atoms with van der Waals surface area (Å²) in [6.07, 6.45) is 3.31. The van der Waals surface area contributed by atoms with E-state index in [9.17, 15) is 0 Å². The molecule has 0 unspecified atom stereocenters. The molecule has 2 rings (SSSR count). The summed E-state index contributed by atoms with van der Waals surface area (Å²) < 4.78 is 0. The van der Waals surface area contributed by atoms with E-state index < -0.39 is 0 Å². The van der Waals surface area contributed by atoms with E-state index in [1.54, 1.807) is 23.7 Å². The van der Waals surface area contributed by atoms with Gasteiger partial charge in [-0.05, 0) is 23.1 Å². The SMILES string of the molecule is N#Cc1cncc(-c2csc(CN)c2)c1. The van der Waals surface area contributed by atoms with Crippen molar-refractivity contribution >= 4 is 11.3 Å². The molecular formula is C11H9N3S. The van der Waals surface area contributed by atoms with Gasteiger partial charge in [0, 0.05) is 29.4 Å². The normalized spacial score (nSPS) is 9.87. The van der Waals surface area contributed by atoms with Gasteiger partial charge in [0.15, 0.2) is 0 Å². The van der Waals surface area contributed by atoms with Crippen LogP contribution in [0.2, 0.25) is 0 Å². The maximum atomic E-state index is 8.75. The maximum absolute atomic E-state index is 8.75. The van der Waals surface area contributed by atoms with Crippen LogP contribution in [0, 0.1) is 11.3 Å². The monoisotopic (exact) mass is 215 g/mol. The number of hydrogen-bond acceptors (Lipinski definition) is 4. The molecule has 2 aromatic rings. The van der Waals surface area contributed by atoms with E-state index in [1.165, 1.54) is 0 Å². The summed E-state index contributed by atoms with van der Waals surface area (Å²) in [7, 11) is 0. The summed E-state index contributed by atoms with van der Waals surface area (Å²) in [5, 5.41) is 10.8. The first-order valence-electron chi connectivity index (χ1n) is 4.46. The third-order valence-electron chi connectivity index (χ3n) is 2.06. The van der Waals surface area contributed by atoms with Gasteiger partial charge in [-0.25, -0.2) is 0 Å². The van der Waals surface area contributed by atoms with Crippen LogP contribution in [-0.4, -0.2) is 4.98 Å². The quantitative estimate of drug-likeness (QED) is 0.834. The predicted molar refractivity (Wildman–Crippen MR) is 60.2 cm³/mol. The van der Waals surface area contributed by atoms with Gasteiger partial charge in [-0.15, -0.1) is 11.3 Å². The molecule has 2 N–H and O–H groups in total. The Kier molecular flexibility index (Phi) is 2.77. The van der Waals surface area contributed by atoms with Crippen LogP contribution >= 0.6 is 11.3 Å². The molecule has 0 saturated carbocycles. The lowest BCUT2D eigenvalue weighted by molar-refractivity contribution is 1.11. The van der Waals surface area contributed by atoms with Crippen molar-refractivity contribution in [2.45, 2.75) is 6.54 Å². The highest BCUT2D eigenvalue weighted by atomic mass is 32.1. The molecule has 0 amide bonds. The summed E-state index contributed by atoms with van der Waals surface area (Å²) in [6.45, 7) is 0.552. The fraction of sp³-hybridized carbons (Fsp3) is 0.0909. The van der Waals surface area contributed by atoms with Crippen molar-refractivity contribution in [2.24, 2.45) is 5.73 Å². The first kappa shape index (κ1) is 9.84. The summed E-state index contributed by atoms with van der Waals surface area (Å²) in [5.41, 5.74) is 8.15. The predicted octanol–water partition coefficient (Wildman–Crippen LogP) is 2.14. The lowest BCUT2D eigenvalue weighted by Gasteiger charge is -1.96. The Labute approximate surface area is 91.8 Å². The maximum Gasteiger partial charge on any atom is 0.101 e. The van der Waals surface area contributed by atoms with E-state index in [0.29, 0.717) is 12.1 Å². The second-order valence-electron chi connectivity index (χ2n) is 3.08. The molecule has 0 aliphatic heterocycles. The molecule has 3 nitrogen and oxygen atoms in total. The standard InChI is InChI=1S/C11H9N3S/c12-3-8-1-9(6-14-5-8)10-2-11(4-13)15-7-10/h1-2,5-7H,4,13H2. The summed E-state index contributed by atoms with van der Waals surface area (Å²) >= 11 is 1.62. The molecule has 0 radical (unpaired) electrons. The van der Waals surface area contributed by atoms with E-state index in [0.717, 1.165) is 16.0 Å². The summed E-state index contributed by atoms with van der Waals surface area (Å²) in [6, 6.07) is 5.93. The van der Waals surface area contributed by atoms with Crippen molar-refractivity contribution in [3.8, 4) is 17.2 Å². The highest BCUT2D eigenvalue weighted by Crippen LogP contribution is 2.25.